The van der Waals surface area contributed by atoms with Gasteiger partial charge in [0, 0.05) is 29.9 Å². The molecule has 0 bridgehead atoms. The second-order valence-corrected chi connectivity index (χ2v) is 8.94. The Morgan fingerprint density at radius 1 is 1.06 bits per heavy atom. The fourth-order valence-electron chi connectivity index (χ4n) is 3.49. The van der Waals surface area contributed by atoms with Gasteiger partial charge in [0.1, 0.15) is 5.15 Å². The first-order valence-corrected chi connectivity index (χ1v) is 11.3. The molecule has 0 aliphatic heterocycles. The number of carbonyl (C=O) groups is 1. The second-order valence-electron chi connectivity index (χ2n) is 8.31. The molecular formula is C25H28Cl2N2O3. The number of alkyl halides is 1. The summed E-state index contributed by atoms with van der Waals surface area (Å²) < 4.78 is 10.7. The topological polar surface area (TPSA) is 51.7 Å². The first kappa shape index (κ1) is 24.1. The van der Waals surface area contributed by atoms with Crippen molar-refractivity contribution in [3.63, 3.8) is 0 Å². The molecule has 0 aliphatic carbocycles. The van der Waals surface area contributed by atoms with E-state index in [9.17, 15) is 4.79 Å². The third kappa shape index (κ3) is 5.45. The summed E-state index contributed by atoms with van der Waals surface area (Å²) >= 11 is 12.6. The summed E-state index contributed by atoms with van der Waals surface area (Å²) in [6.45, 7) is 4.55. The number of methoxy groups -OCH3 is 2. The molecule has 1 amide bonds. The van der Waals surface area contributed by atoms with Crippen molar-refractivity contribution in [1.82, 2.24) is 9.88 Å². The highest BCUT2D eigenvalue weighted by Gasteiger charge is 2.31. The van der Waals surface area contributed by atoms with Gasteiger partial charge in [-0.2, -0.15) is 0 Å². The molecule has 1 heterocycles. The van der Waals surface area contributed by atoms with E-state index in [1.165, 1.54) is 0 Å². The molecule has 0 saturated carbocycles. The second kappa shape index (κ2) is 10.4. The van der Waals surface area contributed by atoms with Gasteiger partial charge in [0.15, 0.2) is 11.5 Å². The van der Waals surface area contributed by atoms with Crippen LogP contribution in [0.15, 0.2) is 48.5 Å². The van der Waals surface area contributed by atoms with Crippen molar-refractivity contribution >= 4 is 40.0 Å². The highest BCUT2D eigenvalue weighted by molar-refractivity contribution is 6.30. The van der Waals surface area contributed by atoms with E-state index in [4.69, 9.17) is 32.7 Å². The Kier molecular flexibility index (Phi) is 7.86. The summed E-state index contributed by atoms with van der Waals surface area (Å²) in [5, 5.41) is 1.38. The van der Waals surface area contributed by atoms with Gasteiger partial charge in [0.25, 0.3) is 0 Å². The number of hydrogen-bond acceptors (Lipinski definition) is 4. The first-order chi connectivity index (χ1) is 15.3. The minimum absolute atomic E-state index is 0.0304. The number of halogens is 2. The Hall–Kier alpha value is -2.50. The van der Waals surface area contributed by atoms with Gasteiger partial charge < -0.3 is 14.4 Å². The molecule has 0 N–H and O–H groups in total. The number of pyridine rings is 1. The van der Waals surface area contributed by atoms with Crippen LogP contribution in [0.2, 0.25) is 5.15 Å². The van der Waals surface area contributed by atoms with E-state index in [2.05, 4.69) is 4.98 Å². The largest absolute Gasteiger partial charge is 0.493 e. The summed E-state index contributed by atoms with van der Waals surface area (Å²) in [5.74, 6) is 1.52. The lowest BCUT2D eigenvalue weighted by molar-refractivity contribution is -0.139. The Labute approximate surface area is 199 Å². The molecule has 170 valence electrons. The lowest BCUT2D eigenvalue weighted by Gasteiger charge is -2.31. The average Bonchev–Trinajstić information content (AvgIpc) is 2.81. The van der Waals surface area contributed by atoms with Crippen LogP contribution in [-0.4, -0.2) is 42.4 Å². The lowest BCUT2D eigenvalue weighted by Crippen LogP contribution is -2.42. The van der Waals surface area contributed by atoms with Crippen molar-refractivity contribution in [3.05, 3.63) is 64.8 Å². The standard InChI is InChI=1S/C25H28Cl2N2O3/c1-25(2,16-26)24(30)29(12-11-17-9-10-21(31-3)22(13-17)32-4)15-19-14-18-7-5-6-8-20(18)28-23(19)27/h5-10,13-14H,11-12,15-16H2,1-4H3. The SMILES string of the molecule is COc1ccc(CCN(Cc2cc3ccccc3nc2Cl)C(=O)C(C)(C)CCl)cc1OC. The lowest BCUT2D eigenvalue weighted by atomic mass is 9.93. The van der Waals surface area contributed by atoms with Crippen LogP contribution in [-0.2, 0) is 17.8 Å². The smallest absolute Gasteiger partial charge is 0.229 e. The van der Waals surface area contributed by atoms with Crippen LogP contribution < -0.4 is 9.47 Å². The molecule has 3 rings (SSSR count). The van der Waals surface area contributed by atoms with Crippen LogP contribution in [0.1, 0.15) is 25.0 Å². The van der Waals surface area contributed by atoms with Crippen LogP contribution in [0.25, 0.3) is 10.9 Å². The molecule has 7 heteroatoms. The van der Waals surface area contributed by atoms with E-state index in [-0.39, 0.29) is 11.8 Å². The van der Waals surface area contributed by atoms with Crippen molar-refractivity contribution in [1.29, 1.82) is 0 Å². The summed E-state index contributed by atoms with van der Waals surface area (Å²) in [6, 6.07) is 15.6. The third-order valence-corrected chi connectivity index (χ3v) is 6.43. The molecule has 0 saturated heterocycles. The van der Waals surface area contributed by atoms with E-state index in [0.717, 1.165) is 22.0 Å². The van der Waals surface area contributed by atoms with Gasteiger partial charge in [-0.1, -0.05) is 35.9 Å². The molecule has 1 aromatic heterocycles. The van der Waals surface area contributed by atoms with Crippen molar-refractivity contribution < 1.29 is 14.3 Å². The van der Waals surface area contributed by atoms with Crippen molar-refractivity contribution in [2.24, 2.45) is 5.41 Å². The Balaban J connectivity index is 1.88. The van der Waals surface area contributed by atoms with Crippen LogP contribution >= 0.6 is 23.2 Å². The summed E-state index contributed by atoms with van der Waals surface area (Å²) in [6.07, 6.45) is 0.642. The van der Waals surface area contributed by atoms with Gasteiger partial charge in [0.2, 0.25) is 5.91 Å². The van der Waals surface area contributed by atoms with Crippen molar-refractivity contribution in [2.45, 2.75) is 26.8 Å². The van der Waals surface area contributed by atoms with E-state index in [1.807, 2.05) is 62.4 Å². The van der Waals surface area contributed by atoms with Crippen molar-refractivity contribution in [3.8, 4) is 11.5 Å². The van der Waals surface area contributed by atoms with Crippen LogP contribution in [0, 0.1) is 5.41 Å². The Morgan fingerprint density at radius 3 is 2.47 bits per heavy atom. The van der Waals surface area contributed by atoms with Crippen LogP contribution in [0.4, 0.5) is 0 Å². The summed E-state index contributed by atoms with van der Waals surface area (Å²) in [4.78, 5) is 19.7. The van der Waals surface area contributed by atoms with Crippen molar-refractivity contribution in [2.75, 3.05) is 26.6 Å². The molecule has 5 nitrogen and oxygen atoms in total. The quantitative estimate of drug-likeness (QED) is 0.293. The average molecular weight is 475 g/mol. The number of hydrogen-bond donors (Lipinski definition) is 0. The van der Waals surface area contributed by atoms with E-state index in [0.29, 0.717) is 36.2 Å². The molecule has 0 spiro atoms. The molecule has 32 heavy (non-hydrogen) atoms. The molecule has 0 radical (unpaired) electrons. The zero-order valence-corrected chi connectivity index (χ0v) is 20.3. The number of nitrogens with zero attached hydrogens (tertiary/aromatic N) is 2. The van der Waals surface area contributed by atoms with Crippen LogP contribution in [0.3, 0.4) is 0 Å². The molecule has 0 aliphatic rings. The number of fused-ring (bicyclic) bond motifs is 1. The first-order valence-electron chi connectivity index (χ1n) is 10.4. The van der Waals surface area contributed by atoms with E-state index >= 15 is 0 Å². The predicted molar refractivity (Wildman–Crippen MR) is 130 cm³/mol. The predicted octanol–water partition coefficient (Wildman–Crippen LogP) is 5.74. The summed E-state index contributed by atoms with van der Waals surface area (Å²) in [5.41, 5.74) is 1.96. The maximum Gasteiger partial charge on any atom is 0.229 e. The highest BCUT2D eigenvalue weighted by Crippen LogP contribution is 2.29. The minimum Gasteiger partial charge on any atom is -0.493 e. The highest BCUT2D eigenvalue weighted by atomic mass is 35.5. The van der Waals surface area contributed by atoms with Gasteiger partial charge in [-0.05, 0) is 50.1 Å². The number of carbonyl (C=O) groups excluding carboxylic acids is 1. The number of amides is 1. The fourth-order valence-corrected chi connectivity index (χ4v) is 3.81. The fraction of sp³-hybridized carbons (Fsp3) is 0.360. The zero-order chi connectivity index (χ0) is 23.3. The maximum absolute atomic E-state index is 13.4. The Bertz CT molecular complexity index is 1100. The normalized spacial score (nSPS) is 11.4. The maximum atomic E-state index is 13.4. The molecule has 0 fully saturated rings. The molecule has 3 aromatic rings. The summed E-state index contributed by atoms with van der Waals surface area (Å²) in [7, 11) is 3.21. The number of para-hydroxylation sites is 1. The molecule has 0 atom stereocenters. The van der Waals surface area contributed by atoms with Gasteiger partial charge in [-0.25, -0.2) is 4.98 Å². The zero-order valence-electron chi connectivity index (χ0n) is 18.8. The monoisotopic (exact) mass is 474 g/mol. The van der Waals surface area contributed by atoms with Gasteiger partial charge in [-0.15, -0.1) is 11.6 Å². The number of aromatic nitrogens is 1. The minimum atomic E-state index is -0.699. The molecular weight excluding hydrogens is 447 g/mol. The number of benzene rings is 2. The van der Waals surface area contributed by atoms with Gasteiger partial charge in [0.05, 0.1) is 25.2 Å². The number of ether oxygens (including phenoxy) is 2. The van der Waals surface area contributed by atoms with E-state index < -0.39 is 5.41 Å². The Morgan fingerprint density at radius 2 is 1.78 bits per heavy atom. The van der Waals surface area contributed by atoms with E-state index in [1.54, 1.807) is 19.1 Å². The van der Waals surface area contributed by atoms with Gasteiger partial charge >= 0.3 is 0 Å². The molecule has 2 aromatic carbocycles. The number of rotatable bonds is 9. The van der Waals surface area contributed by atoms with Crippen LogP contribution in [0.5, 0.6) is 11.5 Å². The third-order valence-electron chi connectivity index (χ3n) is 5.43. The van der Waals surface area contributed by atoms with Gasteiger partial charge in [-0.3, -0.25) is 4.79 Å². The molecule has 0 unspecified atom stereocenters.